The summed E-state index contributed by atoms with van der Waals surface area (Å²) in [6, 6.07) is 0. The Morgan fingerprint density at radius 1 is 1.72 bits per heavy atom. The van der Waals surface area contributed by atoms with Crippen molar-refractivity contribution in [2.75, 3.05) is 13.7 Å². The van der Waals surface area contributed by atoms with Crippen LogP contribution in [0.2, 0.25) is 0 Å². The number of methoxy groups -OCH3 is 1. The highest BCUT2D eigenvalue weighted by atomic mass is 16.5. The summed E-state index contributed by atoms with van der Waals surface area (Å²) in [7, 11) is 1.53. The fourth-order valence-corrected chi connectivity index (χ4v) is 2.10. The van der Waals surface area contributed by atoms with Gasteiger partial charge in [0.05, 0.1) is 18.8 Å². The molecule has 1 aliphatic heterocycles. The average Bonchev–Trinajstić information content (AvgIpc) is 2.97. The predicted molar refractivity (Wildman–Crippen MR) is 61.4 cm³/mol. The van der Waals surface area contributed by atoms with E-state index in [-0.39, 0.29) is 17.9 Å². The fourth-order valence-electron chi connectivity index (χ4n) is 2.10. The molecule has 0 aliphatic carbocycles. The van der Waals surface area contributed by atoms with Crippen LogP contribution in [-0.2, 0) is 16.0 Å². The van der Waals surface area contributed by atoms with Crippen molar-refractivity contribution in [3.8, 4) is 0 Å². The second kappa shape index (κ2) is 5.45. The standard InChI is InChI=1S/C11H17N3O4/c1-7(17-2)10-9(11(15)16)12-13-14(10)6-8-4-3-5-18-8/h7-8H,3-6H2,1-2H3,(H,15,16). The number of rotatable bonds is 5. The zero-order valence-electron chi connectivity index (χ0n) is 10.5. The second-order valence-corrected chi connectivity index (χ2v) is 4.32. The van der Waals surface area contributed by atoms with E-state index in [1.54, 1.807) is 11.6 Å². The van der Waals surface area contributed by atoms with E-state index in [0.29, 0.717) is 12.2 Å². The van der Waals surface area contributed by atoms with Crippen LogP contribution in [0.1, 0.15) is 42.1 Å². The minimum absolute atomic E-state index is 0.0534. The third-order valence-corrected chi connectivity index (χ3v) is 3.12. The van der Waals surface area contributed by atoms with Crippen molar-refractivity contribution < 1.29 is 19.4 Å². The molecule has 1 aromatic rings. The lowest BCUT2D eigenvalue weighted by atomic mass is 10.2. The van der Waals surface area contributed by atoms with Gasteiger partial charge in [-0.05, 0) is 19.8 Å². The van der Waals surface area contributed by atoms with Crippen LogP contribution in [0.3, 0.4) is 0 Å². The lowest BCUT2D eigenvalue weighted by Gasteiger charge is -2.15. The number of carbonyl (C=O) groups is 1. The first-order valence-corrected chi connectivity index (χ1v) is 5.94. The molecule has 7 heteroatoms. The van der Waals surface area contributed by atoms with E-state index in [0.717, 1.165) is 19.4 Å². The van der Waals surface area contributed by atoms with Gasteiger partial charge in [0, 0.05) is 13.7 Å². The van der Waals surface area contributed by atoms with Crippen molar-refractivity contribution in [3.63, 3.8) is 0 Å². The van der Waals surface area contributed by atoms with Gasteiger partial charge in [-0.15, -0.1) is 5.10 Å². The maximum atomic E-state index is 11.1. The average molecular weight is 255 g/mol. The Morgan fingerprint density at radius 3 is 3.06 bits per heavy atom. The van der Waals surface area contributed by atoms with Crippen LogP contribution in [0, 0.1) is 0 Å². The van der Waals surface area contributed by atoms with Gasteiger partial charge < -0.3 is 14.6 Å². The van der Waals surface area contributed by atoms with Gasteiger partial charge in [-0.1, -0.05) is 5.21 Å². The number of ether oxygens (including phenoxy) is 2. The topological polar surface area (TPSA) is 86.5 Å². The number of aromatic carboxylic acids is 1. The van der Waals surface area contributed by atoms with Crippen LogP contribution in [0.5, 0.6) is 0 Å². The zero-order chi connectivity index (χ0) is 13.1. The van der Waals surface area contributed by atoms with Crippen molar-refractivity contribution in [1.29, 1.82) is 0 Å². The number of aromatic nitrogens is 3. The van der Waals surface area contributed by atoms with E-state index < -0.39 is 5.97 Å². The molecular weight excluding hydrogens is 238 g/mol. The smallest absolute Gasteiger partial charge is 0.358 e. The molecule has 2 heterocycles. The summed E-state index contributed by atoms with van der Waals surface area (Å²) in [5.74, 6) is -1.09. The van der Waals surface area contributed by atoms with Gasteiger partial charge in [-0.25, -0.2) is 9.48 Å². The van der Waals surface area contributed by atoms with Gasteiger partial charge >= 0.3 is 5.97 Å². The first kappa shape index (κ1) is 13.0. The Morgan fingerprint density at radius 2 is 2.50 bits per heavy atom. The van der Waals surface area contributed by atoms with Crippen LogP contribution in [0.4, 0.5) is 0 Å². The van der Waals surface area contributed by atoms with Crippen LogP contribution >= 0.6 is 0 Å². The molecule has 1 aliphatic rings. The van der Waals surface area contributed by atoms with Crippen LogP contribution in [-0.4, -0.2) is 45.9 Å². The zero-order valence-corrected chi connectivity index (χ0v) is 10.5. The summed E-state index contributed by atoms with van der Waals surface area (Å²) in [6.45, 7) is 3.04. The monoisotopic (exact) mass is 255 g/mol. The van der Waals surface area contributed by atoms with Gasteiger partial charge in [-0.2, -0.15) is 0 Å². The third kappa shape index (κ3) is 2.51. The van der Waals surface area contributed by atoms with Gasteiger partial charge in [0.25, 0.3) is 0 Å². The highest BCUT2D eigenvalue weighted by Gasteiger charge is 2.26. The molecule has 7 nitrogen and oxygen atoms in total. The minimum atomic E-state index is -1.09. The largest absolute Gasteiger partial charge is 0.476 e. The van der Waals surface area contributed by atoms with Crippen LogP contribution in [0.15, 0.2) is 0 Å². The third-order valence-electron chi connectivity index (χ3n) is 3.12. The number of carboxylic acids is 1. The molecule has 0 bridgehead atoms. The molecule has 2 unspecified atom stereocenters. The summed E-state index contributed by atoms with van der Waals surface area (Å²) < 4.78 is 12.3. The van der Waals surface area contributed by atoms with Crippen molar-refractivity contribution in [2.24, 2.45) is 0 Å². The van der Waals surface area contributed by atoms with Gasteiger partial charge in [0.15, 0.2) is 5.69 Å². The van der Waals surface area contributed by atoms with Crippen molar-refractivity contribution in [3.05, 3.63) is 11.4 Å². The Bertz CT molecular complexity index is 426. The van der Waals surface area contributed by atoms with Crippen molar-refractivity contribution in [1.82, 2.24) is 15.0 Å². The predicted octanol–water partition coefficient (Wildman–Crippen LogP) is 0.863. The SMILES string of the molecule is COC(C)c1c(C(=O)O)nnn1CC1CCCO1. The number of hydrogen-bond acceptors (Lipinski definition) is 5. The van der Waals surface area contributed by atoms with E-state index in [1.807, 2.05) is 0 Å². The highest BCUT2D eigenvalue weighted by molar-refractivity contribution is 5.86. The maximum absolute atomic E-state index is 11.1. The van der Waals surface area contributed by atoms with E-state index in [9.17, 15) is 4.79 Å². The molecule has 1 aromatic heterocycles. The summed E-state index contributed by atoms with van der Waals surface area (Å²) in [5.41, 5.74) is 0.433. The summed E-state index contributed by atoms with van der Waals surface area (Å²) in [5, 5.41) is 16.7. The molecule has 0 aromatic carbocycles. The lowest BCUT2D eigenvalue weighted by molar-refractivity contribution is 0.0664. The molecule has 0 spiro atoms. The summed E-state index contributed by atoms with van der Waals surface area (Å²) in [4.78, 5) is 11.1. The molecule has 18 heavy (non-hydrogen) atoms. The number of carboxylic acid groups (broad SMARTS) is 1. The molecule has 1 N–H and O–H groups in total. The van der Waals surface area contributed by atoms with E-state index in [1.165, 1.54) is 7.11 Å². The first-order valence-electron chi connectivity index (χ1n) is 5.94. The van der Waals surface area contributed by atoms with E-state index in [2.05, 4.69) is 10.3 Å². The van der Waals surface area contributed by atoms with E-state index in [4.69, 9.17) is 14.6 Å². The Balaban J connectivity index is 2.25. The Hall–Kier alpha value is -1.47. The van der Waals surface area contributed by atoms with Crippen molar-refractivity contribution in [2.45, 2.75) is 38.5 Å². The molecule has 0 radical (unpaired) electrons. The van der Waals surface area contributed by atoms with Crippen LogP contribution < -0.4 is 0 Å². The Kier molecular flexibility index (Phi) is 3.93. The first-order chi connectivity index (χ1) is 8.63. The van der Waals surface area contributed by atoms with Crippen LogP contribution in [0.25, 0.3) is 0 Å². The van der Waals surface area contributed by atoms with E-state index >= 15 is 0 Å². The highest BCUT2D eigenvalue weighted by Crippen LogP contribution is 2.21. The molecule has 2 atom stereocenters. The molecular formula is C11H17N3O4. The second-order valence-electron chi connectivity index (χ2n) is 4.32. The maximum Gasteiger partial charge on any atom is 0.358 e. The molecule has 0 saturated carbocycles. The molecule has 1 fully saturated rings. The lowest BCUT2D eigenvalue weighted by Crippen LogP contribution is -2.20. The number of nitrogens with zero attached hydrogens (tertiary/aromatic N) is 3. The minimum Gasteiger partial charge on any atom is -0.476 e. The molecule has 0 amide bonds. The quantitative estimate of drug-likeness (QED) is 0.839. The molecule has 100 valence electrons. The number of hydrogen-bond donors (Lipinski definition) is 1. The summed E-state index contributed by atoms with van der Waals surface area (Å²) in [6.07, 6.45) is 1.70. The summed E-state index contributed by atoms with van der Waals surface area (Å²) >= 11 is 0. The van der Waals surface area contributed by atoms with Gasteiger partial charge in [0.1, 0.15) is 5.69 Å². The molecule has 1 saturated heterocycles. The molecule has 2 rings (SSSR count). The van der Waals surface area contributed by atoms with Gasteiger partial charge in [-0.3, -0.25) is 0 Å². The van der Waals surface area contributed by atoms with Crippen molar-refractivity contribution >= 4 is 5.97 Å². The normalized spacial score (nSPS) is 21.1. The fraction of sp³-hybridized carbons (Fsp3) is 0.727. The Labute approximate surface area is 105 Å². The van der Waals surface area contributed by atoms with Gasteiger partial charge in [0.2, 0.25) is 0 Å².